The average molecular weight is 494 g/mol. The molecule has 0 amide bonds. The molecule has 1 aromatic carbocycles. The summed E-state index contributed by atoms with van der Waals surface area (Å²) >= 11 is 0. The van der Waals surface area contributed by atoms with Gasteiger partial charge < -0.3 is 4.90 Å². The third kappa shape index (κ3) is 8.62. The Morgan fingerprint density at radius 2 is 1.39 bits per heavy atom. The Kier molecular flexibility index (Phi) is 10.0. The predicted molar refractivity (Wildman–Crippen MR) is 152 cm³/mol. The fourth-order valence-electron chi connectivity index (χ4n) is 5.83. The van der Waals surface area contributed by atoms with Crippen molar-refractivity contribution >= 4 is 11.5 Å². The predicted octanol–water partition coefficient (Wildman–Crippen LogP) is 7.25. The van der Waals surface area contributed by atoms with E-state index in [1.807, 2.05) is 6.07 Å². The molecule has 1 saturated heterocycles. The lowest BCUT2D eigenvalue weighted by atomic mass is 9.78. The van der Waals surface area contributed by atoms with Crippen LogP contribution in [0.4, 0.5) is 5.69 Å². The van der Waals surface area contributed by atoms with E-state index in [-0.39, 0.29) is 23.0 Å². The summed E-state index contributed by atoms with van der Waals surface area (Å²) in [7, 11) is 0. The molecule has 0 N–H and O–H groups in total. The number of rotatable bonds is 9. The molecule has 1 aliphatic carbocycles. The molecule has 1 saturated carbocycles. The van der Waals surface area contributed by atoms with Crippen molar-refractivity contribution in [1.29, 1.82) is 5.26 Å². The van der Waals surface area contributed by atoms with Gasteiger partial charge >= 0.3 is 0 Å². The molecule has 0 spiro atoms. The number of hydrogen-bond donors (Lipinski definition) is 0. The van der Waals surface area contributed by atoms with Gasteiger partial charge in [-0.25, -0.2) is 0 Å². The van der Waals surface area contributed by atoms with Crippen LogP contribution in [-0.4, -0.2) is 43.4 Å². The van der Waals surface area contributed by atoms with Gasteiger partial charge in [0.2, 0.25) is 0 Å². The van der Waals surface area contributed by atoms with Crippen LogP contribution in [0.1, 0.15) is 110 Å². The smallest absolute Gasteiger partial charge is 0.146 e. The van der Waals surface area contributed by atoms with Crippen molar-refractivity contribution in [3.8, 4) is 6.07 Å². The number of nitrogens with zero attached hydrogens (tertiary/aromatic N) is 3. The first-order valence-corrected chi connectivity index (χ1v) is 14.5. The van der Waals surface area contributed by atoms with Crippen LogP contribution in [-0.2, 0) is 15.6 Å². The number of Topliss-reactive ketones (excluding diaryl/α,β-unsaturated/α-hetero) is 1. The molecule has 0 atom stereocenters. The Morgan fingerprint density at radius 3 is 1.89 bits per heavy atom. The van der Waals surface area contributed by atoms with E-state index in [4.69, 9.17) is 5.26 Å². The molecule has 0 bridgehead atoms. The highest BCUT2D eigenvalue weighted by atomic mass is 16.1. The van der Waals surface area contributed by atoms with Crippen molar-refractivity contribution < 1.29 is 4.79 Å². The van der Waals surface area contributed by atoms with Crippen LogP contribution in [0.3, 0.4) is 0 Å². The Balaban J connectivity index is 1.42. The topological polar surface area (TPSA) is 47.3 Å². The van der Waals surface area contributed by atoms with E-state index in [0.717, 1.165) is 44.4 Å². The van der Waals surface area contributed by atoms with Crippen molar-refractivity contribution in [1.82, 2.24) is 4.90 Å². The van der Waals surface area contributed by atoms with Crippen LogP contribution in [0, 0.1) is 23.2 Å². The Labute approximate surface area is 221 Å². The molecule has 2 fully saturated rings. The molecule has 0 unspecified atom stereocenters. The van der Waals surface area contributed by atoms with Crippen LogP contribution < -0.4 is 4.90 Å². The van der Waals surface area contributed by atoms with E-state index in [9.17, 15) is 4.79 Å². The zero-order valence-electron chi connectivity index (χ0n) is 24.0. The molecule has 4 nitrogen and oxygen atoms in total. The fourth-order valence-corrected chi connectivity index (χ4v) is 5.83. The largest absolute Gasteiger partial charge is 0.369 e. The van der Waals surface area contributed by atoms with Crippen LogP contribution in [0.25, 0.3) is 0 Å². The zero-order chi connectivity index (χ0) is 26.3. The third-order valence-electron chi connectivity index (χ3n) is 8.55. The second-order valence-electron chi connectivity index (χ2n) is 13.5. The summed E-state index contributed by atoms with van der Waals surface area (Å²) in [5.74, 6) is 1.78. The Bertz CT molecular complexity index is 853. The van der Waals surface area contributed by atoms with Crippen LogP contribution >= 0.6 is 0 Å². The minimum Gasteiger partial charge on any atom is -0.369 e. The van der Waals surface area contributed by atoms with Gasteiger partial charge in [-0.1, -0.05) is 79.7 Å². The van der Waals surface area contributed by atoms with E-state index < -0.39 is 0 Å². The molecule has 4 heteroatoms. The number of nitriles is 1. The summed E-state index contributed by atoms with van der Waals surface area (Å²) in [5, 5.41) is 8.62. The van der Waals surface area contributed by atoms with Gasteiger partial charge in [-0.05, 0) is 65.3 Å². The number of carbonyl (C=O) groups is 1. The number of ketones is 1. The number of benzene rings is 1. The minimum atomic E-state index is 0.0856. The standard InChI is InChI=1S/C32H51N3O/c1-31(2,3)27-22-28(32(4,5)6)24-29(23-27)35-20-18-34(19-21-35)17-15-26-12-10-25(11-13-26)8-7-9-30(36)14-16-33/h22-26H,7-15,17-21H2,1-6H3. The summed E-state index contributed by atoms with van der Waals surface area (Å²) in [5.41, 5.74) is 4.60. The quantitative estimate of drug-likeness (QED) is 0.363. The molecule has 1 aliphatic heterocycles. The molecule has 200 valence electrons. The van der Waals surface area contributed by atoms with E-state index in [1.54, 1.807) is 0 Å². The second-order valence-corrected chi connectivity index (χ2v) is 13.5. The maximum Gasteiger partial charge on any atom is 0.146 e. The van der Waals surface area contributed by atoms with E-state index in [0.29, 0.717) is 6.42 Å². The highest BCUT2D eigenvalue weighted by molar-refractivity contribution is 5.80. The molecule has 2 aliphatic rings. The maximum atomic E-state index is 11.6. The van der Waals surface area contributed by atoms with Gasteiger partial charge in [0, 0.05) is 38.3 Å². The summed E-state index contributed by atoms with van der Waals surface area (Å²) in [4.78, 5) is 16.8. The molecule has 1 aromatic rings. The molecule has 3 rings (SSSR count). The number of carbonyl (C=O) groups excluding carboxylic acids is 1. The number of hydrogen-bond acceptors (Lipinski definition) is 4. The first-order chi connectivity index (χ1) is 17.0. The lowest BCUT2D eigenvalue weighted by Gasteiger charge is -2.38. The normalized spacial score (nSPS) is 21.9. The van der Waals surface area contributed by atoms with Crippen LogP contribution in [0.15, 0.2) is 18.2 Å². The first kappa shape index (κ1) is 28.7. The molecular formula is C32H51N3O. The van der Waals surface area contributed by atoms with Gasteiger partial charge in [0.1, 0.15) is 5.78 Å². The van der Waals surface area contributed by atoms with Gasteiger partial charge in [0.05, 0.1) is 12.5 Å². The highest BCUT2D eigenvalue weighted by Crippen LogP contribution is 2.35. The molecule has 1 heterocycles. The summed E-state index contributed by atoms with van der Waals surface area (Å²) in [6, 6.07) is 9.26. The van der Waals surface area contributed by atoms with Gasteiger partial charge in [0.25, 0.3) is 0 Å². The molecule has 36 heavy (non-hydrogen) atoms. The summed E-state index contributed by atoms with van der Waals surface area (Å²) in [6.07, 6.45) is 9.50. The fraction of sp³-hybridized carbons (Fsp3) is 0.750. The second kappa shape index (κ2) is 12.6. The summed E-state index contributed by atoms with van der Waals surface area (Å²) in [6.45, 7) is 19.7. The number of anilines is 1. The molecule has 0 aromatic heterocycles. The zero-order valence-corrected chi connectivity index (χ0v) is 24.0. The Hall–Kier alpha value is -1.86. The lowest BCUT2D eigenvalue weighted by molar-refractivity contribution is -0.118. The van der Waals surface area contributed by atoms with Crippen molar-refractivity contribution in [3.05, 3.63) is 29.3 Å². The number of piperazine rings is 1. The van der Waals surface area contributed by atoms with Crippen LogP contribution in [0.5, 0.6) is 0 Å². The van der Waals surface area contributed by atoms with Gasteiger partial charge in [-0.3, -0.25) is 9.69 Å². The van der Waals surface area contributed by atoms with Gasteiger partial charge in [0.15, 0.2) is 0 Å². The van der Waals surface area contributed by atoms with Gasteiger partial charge in [-0.2, -0.15) is 5.26 Å². The molecule has 0 radical (unpaired) electrons. The SMILES string of the molecule is CC(C)(C)c1cc(N2CCN(CCC3CCC(CCCC(=O)CC#N)CC3)CC2)cc(C(C)(C)C)c1. The van der Waals surface area contributed by atoms with Crippen LogP contribution in [0.2, 0.25) is 0 Å². The third-order valence-corrected chi connectivity index (χ3v) is 8.55. The first-order valence-electron chi connectivity index (χ1n) is 14.5. The van der Waals surface area contributed by atoms with Gasteiger partial charge in [-0.15, -0.1) is 0 Å². The summed E-state index contributed by atoms with van der Waals surface area (Å²) < 4.78 is 0. The molecular weight excluding hydrogens is 442 g/mol. The highest BCUT2D eigenvalue weighted by Gasteiger charge is 2.25. The van der Waals surface area contributed by atoms with Crippen molar-refractivity contribution in [3.63, 3.8) is 0 Å². The van der Waals surface area contributed by atoms with Crippen molar-refractivity contribution in [2.24, 2.45) is 11.8 Å². The van der Waals surface area contributed by atoms with Crippen molar-refractivity contribution in [2.45, 2.75) is 110 Å². The minimum absolute atomic E-state index is 0.0856. The maximum absolute atomic E-state index is 11.6. The lowest BCUT2D eigenvalue weighted by Crippen LogP contribution is -2.47. The van der Waals surface area contributed by atoms with E-state index in [1.165, 1.54) is 61.9 Å². The Morgan fingerprint density at radius 1 is 0.861 bits per heavy atom. The average Bonchev–Trinajstić information content (AvgIpc) is 2.83. The van der Waals surface area contributed by atoms with Crippen molar-refractivity contribution in [2.75, 3.05) is 37.6 Å². The van der Waals surface area contributed by atoms with E-state index in [2.05, 4.69) is 69.5 Å². The van der Waals surface area contributed by atoms with E-state index >= 15 is 0 Å². The monoisotopic (exact) mass is 493 g/mol.